The molecule has 0 heterocycles. The highest BCUT2D eigenvalue weighted by Crippen LogP contribution is 2.37. The quantitative estimate of drug-likeness (QED) is 0.742. The van der Waals surface area contributed by atoms with Crippen LogP contribution in [0.15, 0.2) is 0 Å². The van der Waals surface area contributed by atoms with Gasteiger partial charge in [-0.2, -0.15) is 13.2 Å². The van der Waals surface area contributed by atoms with Gasteiger partial charge in [0.05, 0.1) is 0 Å². The molecule has 1 saturated carbocycles. The van der Waals surface area contributed by atoms with Crippen LogP contribution >= 0.6 is 0 Å². The third kappa shape index (κ3) is 2.87. The Labute approximate surface area is 82.3 Å². The minimum Gasteiger partial charge on any atom is -0.383 e. The van der Waals surface area contributed by atoms with E-state index in [9.17, 15) is 13.2 Å². The predicted molar refractivity (Wildman–Crippen MR) is 47.8 cm³/mol. The van der Waals surface area contributed by atoms with Gasteiger partial charge >= 0.3 is 6.18 Å². The van der Waals surface area contributed by atoms with E-state index < -0.39 is 18.2 Å². The normalized spacial score (nSPS) is 31.5. The lowest BCUT2D eigenvalue weighted by molar-refractivity contribution is -0.222. The van der Waals surface area contributed by atoms with Gasteiger partial charge in [0.2, 0.25) is 0 Å². The Morgan fingerprint density at radius 3 is 2.07 bits per heavy atom. The van der Waals surface area contributed by atoms with E-state index in [-0.39, 0.29) is 0 Å². The standard InChI is InChI=1S/C10H17F3O/c1-2-7-3-5-8(6-4-7)9(14)10(11,12)13/h7-9,14H,2-6H2,1H3/t7?,8?,9-/m0/s1. The third-order valence-electron chi connectivity index (χ3n) is 3.25. The zero-order valence-corrected chi connectivity index (χ0v) is 8.35. The Morgan fingerprint density at radius 1 is 1.21 bits per heavy atom. The maximum atomic E-state index is 12.2. The van der Waals surface area contributed by atoms with Crippen molar-refractivity contribution >= 4 is 0 Å². The minimum absolute atomic E-state index is 0.513. The van der Waals surface area contributed by atoms with Crippen LogP contribution < -0.4 is 0 Å². The lowest BCUT2D eigenvalue weighted by Crippen LogP contribution is -2.37. The van der Waals surface area contributed by atoms with Gasteiger partial charge in [-0.15, -0.1) is 0 Å². The zero-order valence-electron chi connectivity index (χ0n) is 8.35. The first-order chi connectivity index (χ1) is 6.45. The largest absolute Gasteiger partial charge is 0.414 e. The van der Waals surface area contributed by atoms with E-state index in [0.717, 1.165) is 19.3 Å². The van der Waals surface area contributed by atoms with Crippen molar-refractivity contribution in [3.8, 4) is 0 Å². The molecule has 0 amide bonds. The van der Waals surface area contributed by atoms with Crippen LogP contribution in [0.3, 0.4) is 0 Å². The Bertz CT molecular complexity index is 171. The monoisotopic (exact) mass is 210 g/mol. The number of halogens is 3. The van der Waals surface area contributed by atoms with Crippen molar-refractivity contribution in [2.45, 2.75) is 51.3 Å². The van der Waals surface area contributed by atoms with Gasteiger partial charge < -0.3 is 5.11 Å². The fraction of sp³-hybridized carbons (Fsp3) is 1.00. The Hall–Kier alpha value is -0.250. The lowest BCUT2D eigenvalue weighted by atomic mass is 9.78. The molecule has 1 fully saturated rings. The summed E-state index contributed by atoms with van der Waals surface area (Å²) >= 11 is 0. The first kappa shape index (κ1) is 11.8. The van der Waals surface area contributed by atoms with Crippen molar-refractivity contribution in [3.05, 3.63) is 0 Å². The van der Waals surface area contributed by atoms with Crippen LogP contribution in [0.25, 0.3) is 0 Å². The fourth-order valence-corrected chi connectivity index (χ4v) is 2.18. The molecule has 0 aromatic rings. The van der Waals surface area contributed by atoms with Crippen LogP contribution in [0.5, 0.6) is 0 Å². The molecule has 1 nitrogen and oxygen atoms in total. The summed E-state index contributed by atoms with van der Waals surface area (Å²) in [6.07, 6.45) is -2.83. The van der Waals surface area contributed by atoms with Crippen molar-refractivity contribution in [1.82, 2.24) is 0 Å². The van der Waals surface area contributed by atoms with Crippen molar-refractivity contribution in [3.63, 3.8) is 0 Å². The van der Waals surface area contributed by atoms with Crippen molar-refractivity contribution in [1.29, 1.82) is 0 Å². The highest BCUT2D eigenvalue weighted by molar-refractivity contribution is 4.80. The average molecular weight is 210 g/mol. The molecule has 4 heteroatoms. The zero-order chi connectivity index (χ0) is 10.8. The van der Waals surface area contributed by atoms with Crippen LogP contribution in [0.2, 0.25) is 0 Å². The summed E-state index contributed by atoms with van der Waals surface area (Å²) < 4.78 is 36.5. The molecule has 1 atom stereocenters. The molecule has 0 saturated heterocycles. The highest BCUT2D eigenvalue weighted by Gasteiger charge is 2.44. The first-order valence-electron chi connectivity index (χ1n) is 5.20. The fourth-order valence-electron chi connectivity index (χ4n) is 2.18. The summed E-state index contributed by atoms with van der Waals surface area (Å²) in [5.41, 5.74) is 0. The number of aliphatic hydroxyl groups is 1. The van der Waals surface area contributed by atoms with E-state index in [4.69, 9.17) is 5.11 Å². The molecule has 0 aliphatic heterocycles. The van der Waals surface area contributed by atoms with Crippen molar-refractivity contribution in [2.24, 2.45) is 11.8 Å². The van der Waals surface area contributed by atoms with E-state index in [1.54, 1.807) is 0 Å². The summed E-state index contributed by atoms with van der Waals surface area (Å²) in [5, 5.41) is 9.04. The summed E-state index contributed by atoms with van der Waals surface area (Å²) in [4.78, 5) is 0. The molecule has 84 valence electrons. The van der Waals surface area contributed by atoms with Gasteiger partial charge in [0.25, 0.3) is 0 Å². The second kappa shape index (κ2) is 4.51. The molecule has 1 aliphatic carbocycles. The first-order valence-corrected chi connectivity index (χ1v) is 5.20. The van der Waals surface area contributed by atoms with Gasteiger partial charge in [-0.25, -0.2) is 0 Å². The minimum atomic E-state index is -4.44. The predicted octanol–water partition coefficient (Wildman–Crippen LogP) is 3.13. The second-order valence-corrected chi connectivity index (χ2v) is 4.18. The smallest absolute Gasteiger partial charge is 0.383 e. The topological polar surface area (TPSA) is 20.2 Å². The van der Waals surface area contributed by atoms with Gasteiger partial charge in [0.15, 0.2) is 6.10 Å². The van der Waals surface area contributed by atoms with Gasteiger partial charge in [-0.1, -0.05) is 26.2 Å². The number of rotatable bonds is 2. The SMILES string of the molecule is CCC1CCC([C@H](O)C(F)(F)F)CC1. The van der Waals surface area contributed by atoms with E-state index >= 15 is 0 Å². The molecular formula is C10H17F3O. The number of hydrogen-bond donors (Lipinski definition) is 1. The van der Waals surface area contributed by atoms with E-state index in [1.807, 2.05) is 0 Å². The van der Waals surface area contributed by atoms with Crippen molar-refractivity contribution < 1.29 is 18.3 Å². The van der Waals surface area contributed by atoms with Crippen LogP contribution in [0.1, 0.15) is 39.0 Å². The molecule has 1 N–H and O–H groups in total. The van der Waals surface area contributed by atoms with E-state index in [1.165, 1.54) is 0 Å². The Kier molecular flexibility index (Phi) is 3.81. The van der Waals surface area contributed by atoms with Gasteiger partial charge in [0, 0.05) is 0 Å². The molecule has 1 rings (SSSR count). The number of aliphatic hydroxyl groups excluding tert-OH is 1. The number of hydrogen-bond acceptors (Lipinski definition) is 1. The molecule has 1 aliphatic rings. The summed E-state index contributed by atoms with van der Waals surface area (Å²) in [6.45, 7) is 2.06. The molecule has 0 unspecified atom stereocenters. The van der Waals surface area contributed by atoms with E-state index in [2.05, 4.69) is 6.92 Å². The highest BCUT2D eigenvalue weighted by atomic mass is 19.4. The number of alkyl halides is 3. The van der Waals surface area contributed by atoms with Gasteiger partial charge in [0.1, 0.15) is 0 Å². The molecular weight excluding hydrogens is 193 g/mol. The van der Waals surface area contributed by atoms with Crippen LogP contribution in [-0.2, 0) is 0 Å². The van der Waals surface area contributed by atoms with Crippen LogP contribution in [0, 0.1) is 11.8 Å². The molecule has 0 spiro atoms. The average Bonchev–Trinajstić information content (AvgIpc) is 2.15. The summed E-state index contributed by atoms with van der Waals surface area (Å²) in [5.74, 6) is -0.00974. The van der Waals surface area contributed by atoms with Crippen LogP contribution in [-0.4, -0.2) is 17.4 Å². The van der Waals surface area contributed by atoms with E-state index in [0.29, 0.717) is 18.8 Å². The van der Waals surface area contributed by atoms with Gasteiger partial charge in [-0.3, -0.25) is 0 Å². The van der Waals surface area contributed by atoms with Gasteiger partial charge in [-0.05, 0) is 24.7 Å². The molecule has 0 aromatic carbocycles. The van der Waals surface area contributed by atoms with Crippen molar-refractivity contribution in [2.75, 3.05) is 0 Å². The molecule has 0 bridgehead atoms. The molecule has 14 heavy (non-hydrogen) atoms. The molecule has 0 aromatic heterocycles. The lowest BCUT2D eigenvalue weighted by Gasteiger charge is -2.31. The Morgan fingerprint density at radius 2 is 1.71 bits per heavy atom. The Balaban J connectivity index is 2.42. The maximum Gasteiger partial charge on any atom is 0.414 e. The third-order valence-corrected chi connectivity index (χ3v) is 3.25. The summed E-state index contributed by atoms with van der Waals surface area (Å²) in [6, 6.07) is 0. The maximum absolute atomic E-state index is 12.2. The summed E-state index contributed by atoms with van der Waals surface area (Å²) in [7, 11) is 0. The second-order valence-electron chi connectivity index (χ2n) is 4.18. The molecule has 0 radical (unpaired) electrons. The van der Waals surface area contributed by atoms with Crippen LogP contribution in [0.4, 0.5) is 13.2 Å².